The van der Waals surface area contributed by atoms with E-state index in [1.54, 1.807) is 17.0 Å². The van der Waals surface area contributed by atoms with Crippen LogP contribution in [-0.2, 0) is 25.6 Å². The number of rotatable bonds is 7. The number of likely N-dealkylation sites (tertiary alicyclic amines) is 1. The molecule has 3 heterocycles. The standard InChI is InChI=1S/C17H26N4O4/c18-15(22)10-21-8-5-19-17(21)13-3-6-20(7-4-13)16(23)12-24-11-14-2-1-9-25-14/h5,8,13-14H,1-4,6-7,9-12H2,(H2,18,22)/t14-/m0/s1. The summed E-state index contributed by atoms with van der Waals surface area (Å²) in [7, 11) is 0. The summed E-state index contributed by atoms with van der Waals surface area (Å²) < 4.78 is 12.8. The third kappa shape index (κ3) is 4.79. The zero-order chi connectivity index (χ0) is 17.6. The molecule has 2 saturated heterocycles. The number of piperidine rings is 1. The van der Waals surface area contributed by atoms with Crippen LogP contribution < -0.4 is 5.73 Å². The molecular formula is C17H26N4O4. The van der Waals surface area contributed by atoms with Gasteiger partial charge in [-0.15, -0.1) is 0 Å². The van der Waals surface area contributed by atoms with Crippen LogP contribution in [-0.4, -0.2) is 65.3 Å². The average Bonchev–Trinajstić information content (AvgIpc) is 3.26. The van der Waals surface area contributed by atoms with Gasteiger partial charge in [0.25, 0.3) is 0 Å². The number of imidazole rings is 1. The van der Waals surface area contributed by atoms with Crippen LogP contribution in [0.25, 0.3) is 0 Å². The summed E-state index contributed by atoms with van der Waals surface area (Å²) in [5, 5.41) is 0. The van der Waals surface area contributed by atoms with Crippen LogP contribution >= 0.6 is 0 Å². The van der Waals surface area contributed by atoms with Gasteiger partial charge in [0.1, 0.15) is 19.0 Å². The van der Waals surface area contributed by atoms with Crippen molar-refractivity contribution < 1.29 is 19.1 Å². The summed E-state index contributed by atoms with van der Waals surface area (Å²) >= 11 is 0. The van der Waals surface area contributed by atoms with Crippen molar-refractivity contribution in [3.05, 3.63) is 18.2 Å². The van der Waals surface area contributed by atoms with E-state index in [0.29, 0.717) is 19.7 Å². The SMILES string of the molecule is NC(=O)Cn1ccnc1C1CCN(C(=O)COC[C@@H]2CCCO2)CC1. The fraction of sp³-hybridized carbons (Fsp3) is 0.706. The van der Waals surface area contributed by atoms with E-state index >= 15 is 0 Å². The molecule has 0 spiro atoms. The van der Waals surface area contributed by atoms with E-state index in [0.717, 1.165) is 38.1 Å². The van der Waals surface area contributed by atoms with Crippen LogP contribution in [0.5, 0.6) is 0 Å². The van der Waals surface area contributed by atoms with Crippen LogP contribution in [0.4, 0.5) is 0 Å². The molecule has 0 radical (unpaired) electrons. The van der Waals surface area contributed by atoms with E-state index in [9.17, 15) is 9.59 Å². The van der Waals surface area contributed by atoms with Gasteiger partial charge in [0.05, 0.1) is 12.7 Å². The molecule has 2 aliphatic rings. The second kappa shape index (κ2) is 8.44. The van der Waals surface area contributed by atoms with Gasteiger partial charge in [-0.25, -0.2) is 4.98 Å². The largest absolute Gasteiger partial charge is 0.376 e. The van der Waals surface area contributed by atoms with Gasteiger partial charge >= 0.3 is 0 Å². The van der Waals surface area contributed by atoms with E-state index in [1.165, 1.54) is 0 Å². The molecule has 0 saturated carbocycles. The molecule has 0 aromatic carbocycles. The average molecular weight is 350 g/mol. The molecule has 8 heteroatoms. The Morgan fingerprint density at radius 1 is 1.32 bits per heavy atom. The minimum absolute atomic E-state index is 0.0249. The Kier molecular flexibility index (Phi) is 6.04. The summed E-state index contributed by atoms with van der Waals surface area (Å²) in [6.45, 7) is 2.90. The maximum atomic E-state index is 12.3. The summed E-state index contributed by atoms with van der Waals surface area (Å²) in [6.07, 6.45) is 7.34. The van der Waals surface area contributed by atoms with Crippen molar-refractivity contribution in [3.8, 4) is 0 Å². The van der Waals surface area contributed by atoms with Gasteiger partial charge in [-0.1, -0.05) is 0 Å². The summed E-state index contributed by atoms with van der Waals surface area (Å²) in [4.78, 5) is 29.6. The highest BCUT2D eigenvalue weighted by Gasteiger charge is 2.27. The van der Waals surface area contributed by atoms with Crippen molar-refractivity contribution >= 4 is 11.8 Å². The lowest BCUT2D eigenvalue weighted by Crippen LogP contribution is -2.40. The molecule has 2 fully saturated rings. The number of nitrogens with two attached hydrogens (primary N) is 1. The first-order valence-corrected chi connectivity index (χ1v) is 8.90. The molecule has 0 unspecified atom stereocenters. The zero-order valence-corrected chi connectivity index (χ0v) is 14.4. The van der Waals surface area contributed by atoms with Crippen LogP contribution in [0, 0.1) is 0 Å². The Morgan fingerprint density at radius 3 is 2.80 bits per heavy atom. The lowest BCUT2D eigenvalue weighted by atomic mass is 9.96. The van der Waals surface area contributed by atoms with Crippen LogP contribution in [0.1, 0.15) is 37.4 Å². The van der Waals surface area contributed by atoms with E-state index in [-0.39, 0.29) is 37.0 Å². The number of carbonyl (C=O) groups is 2. The molecule has 138 valence electrons. The Bertz CT molecular complexity index is 589. The zero-order valence-electron chi connectivity index (χ0n) is 14.4. The Labute approximate surface area is 147 Å². The third-order valence-electron chi connectivity index (χ3n) is 4.84. The number of hydrogen-bond acceptors (Lipinski definition) is 5. The molecule has 8 nitrogen and oxygen atoms in total. The van der Waals surface area contributed by atoms with E-state index < -0.39 is 0 Å². The number of nitrogens with zero attached hydrogens (tertiary/aromatic N) is 3. The molecular weight excluding hydrogens is 324 g/mol. The maximum Gasteiger partial charge on any atom is 0.248 e. The Morgan fingerprint density at radius 2 is 2.12 bits per heavy atom. The normalized spacial score (nSPS) is 21.6. The Balaban J connectivity index is 1.42. The predicted molar refractivity (Wildman–Crippen MR) is 89.8 cm³/mol. The highest BCUT2D eigenvalue weighted by Crippen LogP contribution is 2.27. The van der Waals surface area contributed by atoms with Gasteiger partial charge in [0.15, 0.2) is 0 Å². The lowest BCUT2D eigenvalue weighted by molar-refractivity contribution is -0.138. The van der Waals surface area contributed by atoms with Crippen molar-refractivity contribution in [2.24, 2.45) is 5.73 Å². The lowest BCUT2D eigenvalue weighted by Gasteiger charge is -2.32. The number of carbonyl (C=O) groups excluding carboxylic acids is 2. The minimum atomic E-state index is -0.379. The number of hydrogen-bond donors (Lipinski definition) is 1. The first kappa shape index (κ1) is 17.9. The van der Waals surface area contributed by atoms with Gasteiger partial charge in [0, 0.05) is 38.0 Å². The van der Waals surface area contributed by atoms with Crippen molar-refractivity contribution in [2.75, 3.05) is 32.9 Å². The molecule has 25 heavy (non-hydrogen) atoms. The number of primary amides is 1. The summed E-state index contributed by atoms with van der Waals surface area (Å²) in [5.41, 5.74) is 5.27. The summed E-state index contributed by atoms with van der Waals surface area (Å²) in [6, 6.07) is 0. The van der Waals surface area contributed by atoms with E-state index in [1.807, 2.05) is 4.90 Å². The molecule has 1 atom stereocenters. The van der Waals surface area contributed by atoms with Gasteiger partial charge in [-0.3, -0.25) is 9.59 Å². The fourth-order valence-electron chi connectivity index (χ4n) is 3.51. The molecule has 0 bridgehead atoms. The van der Waals surface area contributed by atoms with Crippen LogP contribution in [0.15, 0.2) is 12.4 Å². The van der Waals surface area contributed by atoms with Crippen molar-refractivity contribution in [3.63, 3.8) is 0 Å². The predicted octanol–water partition coefficient (Wildman–Crippen LogP) is 0.270. The monoisotopic (exact) mass is 350 g/mol. The van der Waals surface area contributed by atoms with Gasteiger partial charge in [-0.05, 0) is 25.7 Å². The second-order valence-corrected chi connectivity index (χ2v) is 6.68. The number of amides is 2. The molecule has 1 aromatic rings. The molecule has 0 aliphatic carbocycles. The second-order valence-electron chi connectivity index (χ2n) is 6.68. The minimum Gasteiger partial charge on any atom is -0.376 e. The smallest absolute Gasteiger partial charge is 0.248 e. The molecule has 2 amide bonds. The highest BCUT2D eigenvalue weighted by molar-refractivity contribution is 5.77. The topological polar surface area (TPSA) is 99.7 Å². The molecule has 3 rings (SSSR count). The maximum absolute atomic E-state index is 12.3. The van der Waals surface area contributed by atoms with Crippen LogP contribution in [0.3, 0.4) is 0 Å². The van der Waals surface area contributed by atoms with E-state index in [2.05, 4.69) is 4.98 Å². The number of aromatic nitrogens is 2. The van der Waals surface area contributed by atoms with Gasteiger partial charge < -0.3 is 24.7 Å². The van der Waals surface area contributed by atoms with Crippen molar-refractivity contribution in [1.82, 2.24) is 14.5 Å². The van der Waals surface area contributed by atoms with Crippen molar-refractivity contribution in [1.29, 1.82) is 0 Å². The first-order valence-electron chi connectivity index (χ1n) is 8.90. The quantitative estimate of drug-likeness (QED) is 0.761. The highest BCUT2D eigenvalue weighted by atomic mass is 16.5. The molecule has 1 aromatic heterocycles. The summed E-state index contributed by atoms with van der Waals surface area (Å²) in [5.74, 6) is 0.763. The van der Waals surface area contributed by atoms with Crippen LogP contribution in [0.2, 0.25) is 0 Å². The molecule has 2 N–H and O–H groups in total. The first-order chi connectivity index (χ1) is 12.1. The fourth-order valence-corrected chi connectivity index (χ4v) is 3.51. The Hall–Kier alpha value is -1.93. The van der Waals surface area contributed by atoms with Gasteiger partial charge in [0.2, 0.25) is 11.8 Å². The van der Waals surface area contributed by atoms with E-state index in [4.69, 9.17) is 15.2 Å². The van der Waals surface area contributed by atoms with Crippen molar-refractivity contribution in [2.45, 2.75) is 44.2 Å². The third-order valence-corrected chi connectivity index (χ3v) is 4.84. The number of ether oxygens (including phenoxy) is 2. The van der Waals surface area contributed by atoms with Gasteiger partial charge in [-0.2, -0.15) is 0 Å². The molecule has 2 aliphatic heterocycles.